The second kappa shape index (κ2) is 8.86. The number of nitrogens with one attached hydrogen (secondary N) is 1. The van der Waals surface area contributed by atoms with Crippen LogP contribution in [0.1, 0.15) is 16.7 Å². The third kappa shape index (κ3) is 5.08. The van der Waals surface area contributed by atoms with Gasteiger partial charge in [-0.3, -0.25) is 4.79 Å². The van der Waals surface area contributed by atoms with Crippen LogP contribution in [0.15, 0.2) is 36.9 Å². The Morgan fingerprint density at radius 1 is 1.30 bits per heavy atom. The van der Waals surface area contributed by atoms with Gasteiger partial charge >= 0.3 is 6.36 Å². The lowest BCUT2D eigenvalue weighted by atomic mass is 9.91. The predicted molar refractivity (Wildman–Crippen MR) is 104 cm³/mol. The van der Waals surface area contributed by atoms with Crippen molar-refractivity contribution in [3.05, 3.63) is 59.4 Å². The van der Waals surface area contributed by atoms with Crippen molar-refractivity contribution in [1.82, 2.24) is 5.32 Å². The molecule has 0 spiro atoms. The van der Waals surface area contributed by atoms with Gasteiger partial charge in [-0.1, -0.05) is 6.58 Å². The Balaban J connectivity index is 2.65. The minimum Gasteiger partial charge on any atom is -0.406 e. The first kappa shape index (κ1) is 22.7. The highest BCUT2D eigenvalue weighted by atomic mass is 19.4. The van der Waals surface area contributed by atoms with E-state index in [0.717, 1.165) is 12.1 Å². The zero-order valence-electron chi connectivity index (χ0n) is 16.5. The van der Waals surface area contributed by atoms with Crippen molar-refractivity contribution in [3.8, 4) is 22.9 Å². The maximum atomic E-state index is 14.7. The van der Waals surface area contributed by atoms with E-state index < -0.39 is 23.8 Å². The van der Waals surface area contributed by atoms with Crippen molar-refractivity contribution < 1.29 is 27.1 Å². The van der Waals surface area contributed by atoms with Gasteiger partial charge in [0, 0.05) is 32.3 Å². The number of hydrogen-bond acceptors (Lipinski definition) is 4. The Morgan fingerprint density at radius 3 is 2.47 bits per heavy atom. The summed E-state index contributed by atoms with van der Waals surface area (Å²) in [5, 5.41) is 12.2. The van der Waals surface area contributed by atoms with E-state index in [1.807, 2.05) is 0 Å². The van der Waals surface area contributed by atoms with Crippen LogP contribution < -0.4 is 15.0 Å². The molecule has 0 aliphatic rings. The largest absolute Gasteiger partial charge is 0.573 e. The highest BCUT2D eigenvalue weighted by Gasteiger charge is 2.31. The molecule has 0 bridgehead atoms. The summed E-state index contributed by atoms with van der Waals surface area (Å²) in [4.78, 5) is 13.2. The van der Waals surface area contributed by atoms with Gasteiger partial charge in [0.05, 0.1) is 11.3 Å². The average Bonchev–Trinajstić information content (AvgIpc) is 2.65. The fourth-order valence-corrected chi connectivity index (χ4v) is 3.09. The Kier molecular flexibility index (Phi) is 6.72. The highest BCUT2D eigenvalue weighted by Crippen LogP contribution is 2.37. The van der Waals surface area contributed by atoms with E-state index in [-0.39, 0.29) is 12.1 Å². The average molecular weight is 421 g/mol. The van der Waals surface area contributed by atoms with Crippen LogP contribution in [0.4, 0.5) is 23.2 Å². The Hall–Kier alpha value is -3.54. The number of nitriles is 1. The van der Waals surface area contributed by atoms with Crippen LogP contribution in [0.3, 0.4) is 0 Å². The summed E-state index contributed by atoms with van der Waals surface area (Å²) in [6.45, 7) is 5.02. The molecule has 0 aromatic heterocycles. The summed E-state index contributed by atoms with van der Waals surface area (Å²) in [7, 11) is 3.41. The summed E-state index contributed by atoms with van der Waals surface area (Å²) in [6.07, 6.45) is -3.86. The van der Waals surface area contributed by atoms with Crippen LogP contribution >= 0.6 is 0 Å². The number of alkyl halides is 3. The summed E-state index contributed by atoms with van der Waals surface area (Å²) < 4.78 is 55.6. The van der Waals surface area contributed by atoms with Crippen molar-refractivity contribution >= 4 is 11.6 Å². The lowest BCUT2D eigenvalue weighted by Crippen LogP contribution is -2.22. The Morgan fingerprint density at radius 2 is 1.97 bits per heavy atom. The monoisotopic (exact) mass is 421 g/mol. The number of hydrogen-bond donors (Lipinski definition) is 1. The van der Waals surface area contributed by atoms with Gasteiger partial charge in [0.1, 0.15) is 17.6 Å². The number of benzene rings is 2. The molecule has 0 unspecified atom stereocenters. The topological polar surface area (TPSA) is 65.4 Å². The molecule has 5 nitrogen and oxygen atoms in total. The minimum atomic E-state index is -4.94. The molecule has 0 aliphatic heterocycles. The molecule has 9 heteroatoms. The van der Waals surface area contributed by atoms with Gasteiger partial charge in [-0.15, -0.1) is 13.2 Å². The Labute approximate surface area is 171 Å². The van der Waals surface area contributed by atoms with Gasteiger partial charge < -0.3 is 15.0 Å². The van der Waals surface area contributed by atoms with Crippen LogP contribution in [0.5, 0.6) is 5.75 Å². The van der Waals surface area contributed by atoms with Gasteiger partial charge in [0.2, 0.25) is 5.91 Å². The molecule has 0 atom stereocenters. The molecule has 0 radical (unpaired) electrons. The molecule has 0 aliphatic carbocycles. The van der Waals surface area contributed by atoms with Crippen molar-refractivity contribution in [2.24, 2.45) is 0 Å². The second-order valence-electron chi connectivity index (χ2n) is 6.55. The van der Waals surface area contributed by atoms with Crippen molar-refractivity contribution in [1.29, 1.82) is 5.26 Å². The number of amides is 1. The number of rotatable bonds is 6. The van der Waals surface area contributed by atoms with Crippen LogP contribution in [0.25, 0.3) is 11.1 Å². The van der Waals surface area contributed by atoms with Gasteiger partial charge in [-0.2, -0.15) is 5.26 Å². The van der Waals surface area contributed by atoms with Gasteiger partial charge in [-0.25, -0.2) is 4.39 Å². The van der Waals surface area contributed by atoms with Crippen molar-refractivity contribution in [3.63, 3.8) is 0 Å². The molecule has 0 saturated heterocycles. The van der Waals surface area contributed by atoms with Gasteiger partial charge in [0.25, 0.3) is 0 Å². The molecule has 0 saturated carbocycles. The second-order valence-corrected chi connectivity index (χ2v) is 6.55. The molecule has 0 heterocycles. The third-order valence-corrected chi connectivity index (χ3v) is 4.30. The van der Waals surface area contributed by atoms with E-state index in [4.69, 9.17) is 0 Å². The lowest BCUT2D eigenvalue weighted by molar-refractivity contribution is -0.274. The van der Waals surface area contributed by atoms with E-state index in [1.165, 1.54) is 12.1 Å². The summed E-state index contributed by atoms with van der Waals surface area (Å²) in [5.41, 5.74) is 2.18. The van der Waals surface area contributed by atoms with Crippen LogP contribution in [-0.2, 0) is 11.3 Å². The number of halogens is 4. The van der Waals surface area contributed by atoms with Gasteiger partial charge in [-0.05, 0) is 47.9 Å². The molecule has 0 fully saturated rings. The lowest BCUT2D eigenvalue weighted by Gasteiger charge is -2.23. The minimum absolute atomic E-state index is 0.0151. The van der Waals surface area contributed by atoms with Gasteiger partial charge in [0.15, 0.2) is 0 Å². The number of anilines is 1. The van der Waals surface area contributed by atoms with Crippen LogP contribution in [0, 0.1) is 24.1 Å². The zero-order valence-corrected chi connectivity index (χ0v) is 16.5. The molecule has 158 valence electrons. The molecule has 2 aromatic carbocycles. The summed E-state index contributed by atoms with van der Waals surface area (Å²) in [5.74, 6) is -2.05. The quantitative estimate of drug-likeness (QED) is 0.553. The number of nitrogens with zero attached hydrogens (tertiary/aromatic N) is 2. The molecular weight excluding hydrogens is 402 g/mol. The Bertz CT molecular complexity index is 1020. The van der Waals surface area contributed by atoms with E-state index >= 15 is 0 Å². The molecular formula is C21H19F4N3O2. The SMILES string of the molecule is C=CC(=O)NCc1cc(-c2ccc(OC(F)(F)F)cc2F)c(C)c(N(C)C)c1C#N. The van der Waals surface area contributed by atoms with E-state index in [0.29, 0.717) is 34.0 Å². The zero-order chi connectivity index (χ0) is 22.6. The maximum absolute atomic E-state index is 14.7. The fraction of sp³-hybridized carbons (Fsp3) is 0.238. The molecule has 2 rings (SSSR count). The predicted octanol–water partition coefficient (Wildman–Crippen LogP) is 4.44. The van der Waals surface area contributed by atoms with E-state index in [2.05, 4.69) is 22.7 Å². The molecule has 30 heavy (non-hydrogen) atoms. The smallest absolute Gasteiger partial charge is 0.406 e. The highest BCUT2D eigenvalue weighted by molar-refractivity contribution is 5.87. The number of carbonyl (C=O) groups is 1. The molecule has 2 aromatic rings. The van der Waals surface area contributed by atoms with Crippen molar-refractivity contribution in [2.45, 2.75) is 19.8 Å². The summed E-state index contributed by atoms with van der Waals surface area (Å²) in [6, 6.07) is 6.47. The van der Waals surface area contributed by atoms with E-state index in [1.54, 1.807) is 25.9 Å². The fourth-order valence-electron chi connectivity index (χ4n) is 3.09. The van der Waals surface area contributed by atoms with E-state index in [9.17, 15) is 27.6 Å². The third-order valence-electron chi connectivity index (χ3n) is 4.30. The summed E-state index contributed by atoms with van der Waals surface area (Å²) >= 11 is 0. The first-order chi connectivity index (χ1) is 14.0. The van der Waals surface area contributed by atoms with Crippen LogP contribution in [-0.4, -0.2) is 26.4 Å². The number of ether oxygens (including phenoxy) is 1. The normalized spacial score (nSPS) is 10.9. The maximum Gasteiger partial charge on any atom is 0.573 e. The first-order valence-electron chi connectivity index (χ1n) is 8.68. The molecule has 1 N–H and O–H groups in total. The standard InChI is InChI=1S/C21H19F4N3O2/c1-5-19(29)27-11-13-8-16(12(2)20(28(3)4)17(13)10-26)15-7-6-14(9-18(15)22)30-21(23,24)25/h5-9H,1,11H2,2-4H3,(H,27,29). The molecule has 1 amide bonds. The first-order valence-corrected chi connectivity index (χ1v) is 8.68. The van der Waals surface area contributed by atoms with Crippen LogP contribution in [0.2, 0.25) is 0 Å². The van der Waals surface area contributed by atoms with Crippen molar-refractivity contribution in [2.75, 3.05) is 19.0 Å². The number of carbonyl (C=O) groups excluding carboxylic acids is 1.